The number of nitrogens with zero attached hydrogens (tertiary/aromatic N) is 3. The summed E-state index contributed by atoms with van der Waals surface area (Å²) in [5.41, 5.74) is 0.806. The lowest BCUT2D eigenvalue weighted by Gasteiger charge is -2.41. The number of rotatable bonds is 5. The van der Waals surface area contributed by atoms with Crippen molar-refractivity contribution in [2.24, 2.45) is 0 Å². The summed E-state index contributed by atoms with van der Waals surface area (Å²) in [4.78, 5) is 19.1. The van der Waals surface area contributed by atoms with E-state index in [1.165, 1.54) is 18.2 Å². The summed E-state index contributed by atoms with van der Waals surface area (Å²) in [5.74, 6) is 1.07. The van der Waals surface area contributed by atoms with Crippen molar-refractivity contribution < 1.29 is 19.0 Å². The number of pyridine rings is 2. The Morgan fingerprint density at radius 1 is 1.11 bits per heavy atom. The molecule has 0 amide bonds. The number of ether oxygens (including phenoxy) is 2. The van der Waals surface area contributed by atoms with Crippen LogP contribution < -0.4 is 20.3 Å². The van der Waals surface area contributed by atoms with Gasteiger partial charge in [-0.2, -0.15) is 0 Å². The molecule has 1 aromatic carbocycles. The normalized spacial score (nSPS) is 21.8. The maximum Gasteiger partial charge on any atom is 0.251 e. The molecule has 5 heterocycles. The zero-order chi connectivity index (χ0) is 24.0. The first-order valence-electron chi connectivity index (χ1n) is 12.3. The van der Waals surface area contributed by atoms with Gasteiger partial charge in [-0.25, -0.2) is 4.39 Å². The molecule has 3 aliphatic rings. The quantitative estimate of drug-likeness (QED) is 0.539. The number of likely N-dealkylation sites (tertiary alicyclic amines) is 1. The van der Waals surface area contributed by atoms with E-state index in [1.807, 2.05) is 6.07 Å². The molecule has 0 aliphatic carbocycles. The minimum absolute atomic E-state index is 0. The van der Waals surface area contributed by atoms with Crippen molar-refractivity contribution in [1.82, 2.24) is 19.8 Å². The lowest BCUT2D eigenvalue weighted by atomic mass is 9.84. The van der Waals surface area contributed by atoms with Gasteiger partial charge in [0, 0.05) is 48.8 Å². The van der Waals surface area contributed by atoms with Gasteiger partial charge in [-0.1, -0.05) is 6.07 Å². The highest BCUT2D eigenvalue weighted by molar-refractivity contribution is 5.85. The molecular weight excluding hydrogens is 487 g/mol. The summed E-state index contributed by atoms with van der Waals surface area (Å²) in [6.45, 7) is 4.31. The van der Waals surface area contributed by atoms with Crippen LogP contribution in [0.1, 0.15) is 30.5 Å². The van der Waals surface area contributed by atoms with Crippen LogP contribution in [0, 0.1) is 5.82 Å². The third-order valence-corrected chi connectivity index (χ3v) is 7.47. The Morgan fingerprint density at radius 2 is 1.89 bits per heavy atom. The van der Waals surface area contributed by atoms with Gasteiger partial charge in [0.05, 0.1) is 17.4 Å². The SMILES string of the molecule is Cl.O=c1ccc2c(F)ccc3c2n1CCC3(O)CN1CCC(NCc2cc3c(cn2)OCCO3)CC1. The molecule has 8 nitrogen and oxygen atoms in total. The fourth-order valence-corrected chi connectivity index (χ4v) is 5.58. The Morgan fingerprint density at radius 3 is 2.69 bits per heavy atom. The summed E-state index contributed by atoms with van der Waals surface area (Å²) in [6, 6.07) is 8.25. The minimum atomic E-state index is -1.12. The summed E-state index contributed by atoms with van der Waals surface area (Å²) >= 11 is 0. The van der Waals surface area contributed by atoms with Crippen LogP contribution in [-0.4, -0.2) is 58.4 Å². The maximum atomic E-state index is 14.4. The van der Waals surface area contributed by atoms with Gasteiger partial charge in [-0.05, 0) is 44.5 Å². The lowest BCUT2D eigenvalue weighted by Crippen LogP contribution is -2.49. The molecule has 0 radical (unpaired) electrons. The molecule has 1 saturated heterocycles. The third-order valence-electron chi connectivity index (χ3n) is 7.47. The second kappa shape index (κ2) is 9.97. The molecular formula is C26H30ClFN4O4. The molecule has 2 N–H and O–H groups in total. The standard InChI is InChI=1S/C26H29FN4O4.ClH/c27-21-3-2-20-25-19(21)1-4-24(32)31(25)10-7-26(20,33)16-30-8-5-17(6-9-30)28-14-18-13-22-23(15-29-18)35-12-11-34-22;/h1-4,13,15,17,28,33H,5-12,14,16H2;1H. The number of β-amino-alcohol motifs (C(OH)–C–C–N with tert-alkyl or cyclic N) is 1. The number of halogens is 2. The van der Waals surface area contributed by atoms with Crippen molar-refractivity contribution in [3.63, 3.8) is 0 Å². The van der Waals surface area contributed by atoms with Gasteiger partial charge in [0.15, 0.2) is 11.5 Å². The summed E-state index contributed by atoms with van der Waals surface area (Å²) in [5, 5.41) is 15.6. The molecule has 192 valence electrons. The first kappa shape index (κ1) is 25.0. The fraction of sp³-hybridized carbons (Fsp3) is 0.462. The Balaban J connectivity index is 0.00000267. The predicted molar refractivity (Wildman–Crippen MR) is 135 cm³/mol. The molecule has 10 heteroatoms. The van der Waals surface area contributed by atoms with Gasteiger partial charge in [0.2, 0.25) is 0 Å². The topological polar surface area (TPSA) is 88.9 Å². The molecule has 1 atom stereocenters. The molecule has 6 rings (SSSR count). The molecule has 36 heavy (non-hydrogen) atoms. The van der Waals surface area contributed by atoms with Crippen molar-refractivity contribution in [3.05, 3.63) is 64.0 Å². The number of aromatic nitrogens is 2. The number of aliphatic hydroxyl groups is 1. The van der Waals surface area contributed by atoms with E-state index >= 15 is 0 Å². The third kappa shape index (κ3) is 4.56. The van der Waals surface area contributed by atoms with Crippen molar-refractivity contribution >= 4 is 23.3 Å². The summed E-state index contributed by atoms with van der Waals surface area (Å²) in [7, 11) is 0. The Hall–Kier alpha value is -2.72. The van der Waals surface area contributed by atoms with Crippen molar-refractivity contribution in [2.75, 3.05) is 32.8 Å². The van der Waals surface area contributed by atoms with Gasteiger partial charge in [-0.15, -0.1) is 12.4 Å². The van der Waals surface area contributed by atoms with Crippen LogP contribution in [0.5, 0.6) is 11.5 Å². The number of hydrogen-bond donors (Lipinski definition) is 2. The summed E-state index contributed by atoms with van der Waals surface area (Å²) in [6.07, 6.45) is 4.06. The van der Waals surface area contributed by atoms with Crippen LogP contribution in [0.3, 0.4) is 0 Å². The monoisotopic (exact) mass is 516 g/mol. The lowest BCUT2D eigenvalue weighted by molar-refractivity contribution is -0.0210. The maximum absolute atomic E-state index is 14.4. The van der Waals surface area contributed by atoms with E-state index in [0.717, 1.165) is 37.4 Å². The van der Waals surface area contributed by atoms with Crippen LogP contribution in [0.15, 0.2) is 41.3 Å². The van der Waals surface area contributed by atoms with E-state index in [0.29, 0.717) is 67.5 Å². The first-order chi connectivity index (χ1) is 17.0. The molecule has 0 spiro atoms. The second-order valence-corrected chi connectivity index (χ2v) is 9.71. The highest BCUT2D eigenvalue weighted by Crippen LogP contribution is 2.37. The largest absolute Gasteiger partial charge is 0.486 e. The van der Waals surface area contributed by atoms with Crippen LogP contribution in [0.4, 0.5) is 4.39 Å². The van der Waals surface area contributed by atoms with Gasteiger partial charge in [-0.3, -0.25) is 9.78 Å². The number of fused-ring (bicyclic) bond motifs is 1. The van der Waals surface area contributed by atoms with E-state index in [4.69, 9.17) is 9.47 Å². The van der Waals surface area contributed by atoms with Crippen molar-refractivity contribution in [2.45, 2.75) is 44.0 Å². The van der Waals surface area contributed by atoms with Crippen LogP contribution in [0.25, 0.3) is 10.9 Å². The number of benzene rings is 1. The number of hydrogen-bond acceptors (Lipinski definition) is 7. The Kier molecular flexibility index (Phi) is 6.91. The van der Waals surface area contributed by atoms with E-state index in [1.54, 1.807) is 16.8 Å². The van der Waals surface area contributed by atoms with E-state index in [9.17, 15) is 14.3 Å². The Labute approximate surface area is 214 Å². The zero-order valence-electron chi connectivity index (χ0n) is 19.9. The molecule has 1 fully saturated rings. The van der Waals surface area contributed by atoms with Crippen LogP contribution >= 0.6 is 12.4 Å². The number of nitrogens with one attached hydrogen (secondary N) is 1. The average Bonchev–Trinajstić information content (AvgIpc) is 2.87. The van der Waals surface area contributed by atoms with Crippen molar-refractivity contribution in [1.29, 1.82) is 0 Å². The van der Waals surface area contributed by atoms with Gasteiger partial charge in [0.1, 0.15) is 24.6 Å². The second-order valence-electron chi connectivity index (χ2n) is 9.71. The summed E-state index contributed by atoms with van der Waals surface area (Å²) < 4.78 is 27.2. The van der Waals surface area contributed by atoms with E-state index in [-0.39, 0.29) is 23.8 Å². The van der Waals surface area contributed by atoms with Gasteiger partial charge >= 0.3 is 0 Å². The van der Waals surface area contributed by atoms with Crippen LogP contribution in [-0.2, 0) is 18.7 Å². The number of aryl methyl sites for hydroxylation is 1. The molecule has 3 aromatic rings. The van der Waals surface area contributed by atoms with Crippen LogP contribution in [0.2, 0.25) is 0 Å². The average molecular weight is 517 g/mol. The first-order valence-corrected chi connectivity index (χ1v) is 12.3. The molecule has 2 aromatic heterocycles. The zero-order valence-corrected chi connectivity index (χ0v) is 20.7. The fourth-order valence-electron chi connectivity index (χ4n) is 5.58. The number of piperidine rings is 1. The molecule has 1 unspecified atom stereocenters. The smallest absolute Gasteiger partial charge is 0.251 e. The van der Waals surface area contributed by atoms with Gasteiger partial charge in [0.25, 0.3) is 5.56 Å². The highest BCUT2D eigenvalue weighted by atomic mass is 35.5. The predicted octanol–water partition coefficient (Wildman–Crippen LogP) is 2.57. The van der Waals surface area contributed by atoms with Gasteiger partial charge < -0.3 is 29.4 Å². The molecule has 0 saturated carbocycles. The molecule has 0 bridgehead atoms. The Bertz CT molecular complexity index is 1330. The van der Waals surface area contributed by atoms with Crippen molar-refractivity contribution in [3.8, 4) is 11.5 Å². The molecule has 3 aliphatic heterocycles. The highest BCUT2D eigenvalue weighted by Gasteiger charge is 2.38. The minimum Gasteiger partial charge on any atom is -0.486 e. The van der Waals surface area contributed by atoms with E-state index < -0.39 is 5.60 Å². The van der Waals surface area contributed by atoms with E-state index in [2.05, 4.69) is 15.2 Å².